The van der Waals surface area contributed by atoms with Crippen molar-refractivity contribution >= 4 is 11.9 Å². The standard InChI is InChI=1S/C19H34N4O/c1-23(2)18(24)13-20-19(21-16-8-3-4-9-16)22-17-11-10-14-6-5-7-15(14)12-17/h14-17H,3-13H2,1-2H3,(H2,20,21,22). The van der Waals surface area contributed by atoms with Crippen molar-refractivity contribution in [1.82, 2.24) is 15.5 Å². The first-order valence-electron chi connectivity index (χ1n) is 9.89. The van der Waals surface area contributed by atoms with Crippen LogP contribution in [0.4, 0.5) is 0 Å². The smallest absolute Gasteiger partial charge is 0.243 e. The first-order chi connectivity index (χ1) is 11.6. The normalized spacial score (nSPS) is 30.9. The molecule has 0 aromatic rings. The molecule has 5 nitrogen and oxygen atoms in total. The second-order valence-electron chi connectivity index (χ2n) is 8.18. The van der Waals surface area contributed by atoms with Gasteiger partial charge in [0.1, 0.15) is 6.54 Å². The molecule has 5 heteroatoms. The molecule has 0 bridgehead atoms. The minimum atomic E-state index is 0.0574. The third-order valence-corrected chi connectivity index (χ3v) is 6.20. The van der Waals surface area contributed by atoms with E-state index in [2.05, 4.69) is 15.6 Å². The number of rotatable bonds is 4. The van der Waals surface area contributed by atoms with Crippen molar-refractivity contribution in [3.63, 3.8) is 0 Å². The third-order valence-electron chi connectivity index (χ3n) is 6.20. The Morgan fingerprint density at radius 2 is 1.62 bits per heavy atom. The van der Waals surface area contributed by atoms with Crippen molar-refractivity contribution in [1.29, 1.82) is 0 Å². The highest BCUT2D eigenvalue weighted by molar-refractivity contribution is 5.85. The van der Waals surface area contributed by atoms with E-state index in [1.807, 2.05) is 0 Å². The Bertz CT molecular complexity index is 456. The van der Waals surface area contributed by atoms with Crippen LogP contribution >= 0.6 is 0 Å². The predicted molar refractivity (Wildman–Crippen MR) is 98.0 cm³/mol. The van der Waals surface area contributed by atoms with E-state index in [-0.39, 0.29) is 12.5 Å². The number of nitrogens with zero attached hydrogens (tertiary/aromatic N) is 2. The zero-order valence-corrected chi connectivity index (χ0v) is 15.4. The number of nitrogens with one attached hydrogen (secondary N) is 2. The molecule has 0 aromatic carbocycles. The van der Waals surface area contributed by atoms with E-state index in [0.29, 0.717) is 12.1 Å². The Hall–Kier alpha value is -1.26. The molecule has 0 aliphatic heterocycles. The van der Waals surface area contributed by atoms with Gasteiger partial charge in [0.05, 0.1) is 0 Å². The number of carbonyl (C=O) groups is 1. The lowest BCUT2D eigenvalue weighted by Gasteiger charge is -2.33. The second kappa shape index (κ2) is 8.21. The summed E-state index contributed by atoms with van der Waals surface area (Å²) in [6, 6.07) is 1.04. The summed E-state index contributed by atoms with van der Waals surface area (Å²) in [5.74, 6) is 2.80. The molecule has 3 unspecified atom stereocenters. The molecule has 3 aliphatic carbocycles. The molecule has 2 N–H and O–H groups in total. The summed E-state index contributed by atoms with van der Waals surface area (Å²) in [5, 5.41) is 7.24. The molecule has 24 heavy (non-hydrogen) atoms. The number of hydrogen-bond donors (Lipinski definition) is 2. The Kier molecular flexibility index (Phi) is 6.01. The Morgan fingerprint density at radius 3 is 2.38 bits per heavy atom. The molecule has 3 atom stereocenters. The summed E-state index contributed by atoms with van der Waals surface area (Å²) in [4.78, 5) is 18.1. The van der Waals surface area contributed by atoms with Crippen molar-refractivity contribution in [2.24, 2.45) is 16.8 Å². The SMILES string of the molecule is CN(C)C(=O)CN=C(NC1CCCC1)NC1CCC2CCCC2C1. The molecule has 0 aromatic heterocycles. The lowest BCUT2D eigenvalue weighted by Crippen LogP contribution is -2.49. The average Bonchev–Trinajstić information content (AvgIpc) is 3.22. The van der Waals surface area contributed by atoms with Crippen LogP contribution in [0.25, 0.3) is 0 Å². The number of fused-ring (bicyclic) bond motifs is 1. The molecule has 3 aliphatic rings. The lowest BCUT2D eigenvalue weighted by atomic mass is 9.79. The maximum absolute atomic E-state index is 11.9. The molecule has 1 amide bonds. The molecule has 3 saturated carbocycles. The molecule has 0 spiro atoms. The van der Waals surface area contributed by atoms with Crippen molar-refractivity contribution in [2.75, 3.05) is 20.6 Å². The van der Waals surface area contributed by atoms with Gasteiger partial charge in [-0.1, -0.05) is 32.1 Å². The fraction of sp³-hybridized carbons (Fsp3) is 0.895. The highest BCUT2D eigenvalue weighted by Gasteiger charge is 2.34. The largest absolute Gasteiger partial charge is 0.354 e. The Labute approximate surface area is 146 Å². The number of amides is 1. The average molecular weight is 335 g/mol. The second-order valence-corrected chi connectivity index (χ2v) is 8.18. The van der Waals surface area contributed by atoms with E-state index in [4.69, 9.17) is 0 Å². The van der Waals surface area contributed by atoms with Gasteiger partial charge in [0.25, 0.3) is 0 Å². The van der Waals surface area contributed by atoms with E-state index in [0.717, 1.165) is 17.8 Å². The van der Waals surface area contributed by atoms with E-state index in [1.165, 1.54) is 64.2 Å². The van der Waals surface area contributed by atoms with E-state index >= 15 is 0 Å². The van der Waals surface area contributed by atoms with Gasteiger partial charge in [-0.15, -0.1) is 0 Å². The van der Waals surface area contributed by atoms with Gasteiger partial charge < -0.3 is 15.5 Å². The maximum Gasteiger partial charge on any atom is 0.243 e. The van der Waals surface area contributed by atoms with Gasteiger partial charge in [0.2, 0.25) is 5.91 Å². The monoisotopic (exact) mass is 334 g/mol. The maximum atomic E-state index is 11.9. The zero-order chi connectivity index (χ0) is 16.9. The lowest BCUT2D eigenvalue weighted by molar-refractivity contribution is -0.127. The fourth-order valence-corrected chi connectivity index (χ4v) is 4.71. The zero-order valence-electron chi connectivity index (χ0n) is 15.4. The van der Waals surface area contributed by atoms with Gasteiger partial charge in [-0.25, -0.2) is 4.99 Å². The summed E-state index contributed by atoms with van der Waals surface area (Å²) in [7, 11) is 3.58. The van der Waals surface area contributed by atoms with Crippen molar-refractivity contribution in [3.8, 4) is 0 Å². The summed E-state index contributed by atoms with van der Waals surface area (Å²) >= 11 is 0. The van der Waals surface area contributed by atoms with Crippen LogP contribution in [0.1, 0.15) is 64.2 Å². The van der Waals surface area contributed by atoms with Gasteiger partial charge in [-0.2, -0.15) is 0 Å². The van der Waals surface area contributed by atoms with Gasteiger partial charge in [0, 0.05) is 26.2 Å². The molecular weight excluding hydrogens is 300 g/mol. The predicted octanol–water partition coefficient (Wildman–Crippen LogP) is 2.52. The van der Waals surface area contributed by atoms with Crippen molar-refractivity contribution in [3.05, 3.63) is 0 Å². The van der Waals surface area contributed by atoms with E-state index < -0.39 is 0 Å². The quantitative estimate of drug-likeness (QED) is 0.613. The number of hydrogen-bond acceptors (Lipinski definition) is 2. The van der Waals surface area contributed by atoms with E-state index in [9.17, 15) is 4.79 Å². The van der Waals surface area contributed by atoms with Crippen molar-refractivity contribution in [2.45, 2.75) is 76.3 Å². The minimum absolute atomic E-state index is 0.0574. The first-order valence-corrected chi connectivity index (χ1v) is 9.89. The molecule has 0 radical (unpaired) electrons. The van der Waals surface area contributed by atoms with Gasteiger partial charge in [-0.3, -0.25) is 4.79 Å². The summed E-state index contributed by atoms with van der Waals surface area (Å²) in [5.41, 5.74) is 0. The van der Waals surface area contributed by atoms with Crippen LogP contribution < -0.4 is 10.6 Å². The van der Waals surface area contributed by atoms with E-state index in [1.54, 1.807) is 19.0 Å². The van der Waals surface area contributed by atoms with Gasteiger partial charge in [0.15, 0.2) is 5.96 Å². The minimum Gasteiger partial charge on any atom is -0.354 e. The number of likely N-dealkylation sites (N-methyl/N-ethyl adjacent to an activating group) is 1. The molecule has 0 saturated heterocycles. The summed E-state index contributed by atoms with van der Waals surface area (Å²) < 4.78 is 0. The molecule has 3 fully saturated rings. The van der Waals surface area contributed by atoms with Crippen LogP contribution in [0.15, 0.2) is 4.99 Å². The van der Waals surface area contributed by atoms with Crippen LogP contribution in [-0.4, -0.2) is 49.5 Å². The summed E-state index contributed by atoms with van der Waals surface area (Å²) in [6.45, 7) is 0.230. The van der Waals surface area contributed by atoms with Crippen LogP contribution in [-0.2, 0) is 4.79 Å². The number of aliphatic imine (C=N–C) groups is 1. The van der Waals surface area contributed by atoms with Crippen LogP contribution in [0.5, 0.6) is 0 Å². The topological polar surface area (TPSA) is 56.7 Å². The molecule has 0 heterocycles. The van der Waals surface area contributed by atoms with Gasteiger partial charge >= 0.3 is 0 Å². The van der Waals surface area contributed by atoms with Crippen LogP contribution in [0, 0.1) is 11.8 Å². The molecule has 3 rings (SSSR count). The first kappa shape index (κ1) is 17.6. The molecule has 136 valence electrons. The highest BCUT2D eigenvalue weighted by atomic mass is 16.2. The van der Waals surface area contributed by atoms with Gasteiger partial charge in [-0.05, 0) is 43.9 Å². The fourth-order valence-electron chi connectivity index (χ4n) is 4.71. The van der Waals surface area contributed by atoms with Crippen molar-refractivity contribution < 1.29 is 4.79 Å². The summed E-state index contributed by atoms with van der Waals surface area (Å²) in [6.07, 6.45) is 13.2. The Balaban J connectivity index is 1.58. The Morgan fingerprint density at radius 1 is 0.917 bits per heavy atom. The molecular formula is C19H34N4O. The number of carbonyl (C=O) groups excluding carboxylic acids is 1. The number of guanidine groups is 1. The third kappa shape index (κ3) is 4.64. The highest BCUT2D eigenvalue weighted by Crippen LogP contribution is 2.42. The van der Waals surface area contributed by atoms with Crippen LogP contribution in [0.3, 0.4) is 0 Å². The van der Waals surface area contributed by atoms with Crippen LogP contribution in [0.2, 0.25) is 0 Å².